The molecule has 160 valence electrons. The summed E-state index contributed by atoms with van der Waals surface area (Å²) in [6.07, 6.45) is 1.51. The van der Waals surface area contributed by atoms with Gasteiger partial charge in [-0.15, -0.1) is 6.58 Å². The van der Waals surface area contributed by atoms with E-state index in [2.05, 4.69) is 22.4 Å². The van der Waals surface area contributed by atoms with E-state index in [4.69, 9.17) is 17.4 Å². The lowest BCUT2D eigenvalue weighted by Gasteiger charge is -2.13. The Morgan fingerprint density at radius 3 is 2.68 bits per heavy atom. The quantitative estimate of drug-likeness (QED) is 0.253. The molecule has 11 nitrogen and oxygen atoms in total. The number of carbonyl (C=O) groups excluding carboxylic acids is 1. The first-order valence-electron chi connectivity index (χ1n) is 8.61. The summed E-state index contributed by atoms with van der Waals surface area (Å²) in [4.78, 5) is 24.5. The Hall–Kier alpha value is -3.68. The Morgan fingerprint density at radius 2 is 2.03 bits per heavy atom. The molecular formula is C18H16N6O5S2. The number of hydrazone groups is 1. The van der Waals surface area contributed by atoms with Crippen LogP contribution in [0.3, 0.4) is 0 Å². The molecule has 1 heterocycles. The predicted molar refractivity (Wildman–Crippen MR) is 119 cm³/mol. The summed E-state index contributed by atoms with van der Waals surface area (Å²) in [5, 5.41) is 22.8. The maximum atomic E-state index is 12.8. The van der Waals surface area contributed by atoms with E-state index < -0.39 is 20.9 Å². The summed E-state index contributed by atoms with van der Waals surface area (Å²) in [6.45, 7) is 3.78. The molecule has 0 bridgehead atoms. The average molecular weight is 460 g/mol. The van der Waals surface area contributed by atoms with Crippen LogP contribution in [-0.2, 0) is 14.8 Å². The number of hydrogen-bond acceptors (Lipinski definition) is 7. The molecule has 0 unspecified atom stereocenters. The van der Waals surface area contributed by atoms with Crippen LogP contribution in [0.1, 0.15) is 5.56 Å². The molecule has 0 saturated heterocycles. The van der Waals surface area contributed by atoms with Crippen molar-refractivity contribution < 1.29 is 18.1 Å². The van der Waals surface area contributed by atoms with Crippen molar-refractivity contribution in [1.29, 1.82) is 0 Å². The summed E-state index contributed by atoms with van der Waals surface area (Å²) in [5.74, 6) is -0.504. The first-order valence-corrected chi connectivity index (χ1v) is 10.6. The van der Waals surface area contributed by atoms with Gasteiger partial charge < -0.3 is 10.2 Å². The summed E-state index contributed by atoms with van der Waals surface area (Å²) < 4.78 is 23.4. The van der Waals surface area contributed by atoms with Gasteiger partial charge in [-0.25, -0.2) is 13.6 Å². The average Bonchev–Trinajstić information content (AvgIpc) is 2.97. The first-order chi connectivity index (χ1) is 14.6. The van der Waals surface area contributed by atoms with Gasteiger partial charge in [-0.05, 0) is 30.4 Å². The summed E-state index contributed by atoms with van der Waals surface area (Å²) in [6, 6.07) is 9.81. The minimum absolute atomic E-state index is 0.0931. The van der Waals surface area contributed by atoms with E-state index in [1.807, 2.05) is 0 Å². The lowest BCUT2D eigenvalue weighted by atomic mass is 10.1. The number of fused-ring (bicyclic) bond motifs is 1. The van der Waals surface area contributed by atoms with Gasteiger partial charge in [0.05, 0.1) is 16.3 Å². The number of nitro groups is 1. The Balaban J connectivity index is 1.90. The van der Waals surface area contributed by atoms with Crippen molar-refractivity contribution in [1.82, 2.24) is 5.43 Å². The summed E-state index contributed by atoms with van der Waals surface area (Å²) in [5.41, 5.74) is 2.97. The molecule has 31 heavy (non-hydrogen) atoms. The number of amides is 1. The molecule has 0 radical (unpaired) electrons. The third kappa shape index (κ3) is 4.58. The van der Waals surface area contributed by atoms with Crippen molar-refractivity contribution in [2.75, 3.05) is 16.8 Å². The van der Waals surface area contributed by atoms with Gasteiger partial charge in [0.15, 0.2) is 10.8 Å². The van der Waals surface area contributed by atoms with Crippen molar-refractivity contribution in [3.05, 3.63) is 70.8 Å². The van der Waals surface area contributed by atoms with Crippen LogP contribution in [0.15, 0.2) is 65.1 Å². The van der Waals surface area contributed by atoms with Gasteiger partial charge in [0.1, 0.15) is 4.90 Å². The number of non-ortho nitro benzene ring substituents is 1. The number of thiocarbonyl (C=S) groups is 1. The SMILES string of the molecule is C=CCN1C(=O)C(=NNC(=S)Nc2ccccc2S(N)(=O)=O)c2cc([N+](=O)[O-])ccc21. The fourth-order valence-electron chi connectivity index (χ4n) is 2.91. The number of nitro benzene ring substituents is 1. The molecule has 4 N–H and O–H groups in total. The number of nitrogens with zero attached hydrogens (tertiary/aromatic N) is 3. The van der Waals surface area contributed by atoms with Crippen LogP contribution in [0.25, 0.3) is 0 Å². The van der Waals surface area contributed by atoms with Crippen LogP contribution in [0.5, 0.6) is 0 Å². The Labute approximate surface area is 182 Å². The van der Waals surface area contributed by atoms with Crippen molar-refractivity contribution in [3.8, 4) is 0 Å². The van der Waals surface area contributed by atoms with Crippen molar-refractivity contribution >= 4 is 56.0 Å². The second kappa shape index (κ2) is 8.59. The molecule has 2 aromatic rings. The zero-order chi connectivity index (χ0) is 22.8. The lowest BCUT2D eigenvalue weighted by Crippen LogP contribution is -2.32. The minimum Gasteiger partial charge on any atom is -0.330 e. The molecule has 3 rings (SSSR count). The fraction of sp³-hybridized carbons (Fsp3) is 0.0556. The third-order valence-corrected chi connectivity index (χ3v) is 5.37. The van der Waals surface area contributed by atoms with Gasteiger partial charge in [-0.1, -0.05) is 18.2 Å². The molecular weight excluding hydrogens is 444 g/mol. The van der Waals surface area contributed by atoms with Gasteiger partial charge in [-0.2, -0.15) is 5.10 Å². The number of benzene rings is 2. The van der Waals surface area contributed by atoms with Crippen LogP contribution < -0.4 is 20.8 Å². The standard InChI is InChI=1S/C18H16N6O5S2/c1-2-9-23-14-8-7-11(24(26)27)10-12(14)16(17(23)25)21-22-18(30)20-13-5-3-4-6-15(13)31(19,28)29/h2-8,10H,1,9H2,(H2,19,28,29)(H2,20,22,30). The lowest BCUT2D eigenvalue weighted by molar-refractivity contribution is -0.384. The fourth-order valence-corrected chi connectivity index (χ4v) is 3.76. The first kappa shape index (κ1) is 22.0. The van der Waals surface area contributed by atoms with Gasteiger partial charge in [0, 0.05) is 24.2 Å². The van der Waals surface area contributed by atoms with Crippen molar-refractivity contribution in [2.24, 2.45) is 10.2 Å². The minimum atomic E-state index is -4.00. The van der Waals surface area contributed by atoms with Gasteiger partial charge >= 0.3 is 0 Å². The topological polar surface area (TPSA) is 160 Å². The molecule has 0 fully saturated rings. The molecule has 0 spiro atoms. The monoisotopic (exact) mass is 460 g/mol. The summed E-state index contributed by atoms with van der Waals surface area (Å²) in [7, 11) is -4.00. The number of rotatable bonds is 6. The van der Waals surface area contributed by atoms with E-state index in [1.54, 1.807) is 6.07 Å². The molecule has 0 atom stereocenters. The second-order valence-electron chi connectivity index (χ2n) is 6.23. The molecule has 1 aliphatic rings. The van der Waals surface area contributed by atoms with Crippen LogP contribution in [-0.4, -0.2) is 36.6 Å². The number of para-hydroxylation sites is 1. The molecule has 0 saturated carbocycles. The maximum absolute atomic E-state index is 12.8. The zero-order valence-electron chi connectivity index (χ0n) is 15.8. The third-order valence-electron chi connectivity index (χ3n) is 4.21. The Bertz CT molecular complexity index is 1240. The number of primary sulfonamides is 1. The van der Waals surface area contributed by atoms with E-state index in [0.717, 1.165) is 0 Å². The van der Waals surface area contributed by atoms with Crippen LogP contribution >= 0.6 is 12.2 Å². The van der Waals surface area contributed by atoms with Gasteiger partial charge in [-0.3, -0.25) is 20.3 Å². The van der Waals surface area contributed by atoms with Crippen molar-refractivity contribution in [3.63, 3.8) is 0 Å². The Morgan fingerprint density at radius 1 is 1.32 bits per heavy atom. The highest BCUT2D eigenvalue weighted by atomic mass is 32.2. The normalized spacial score (nSPS) is 14.3. The summed E-state index contributed by atoms with van der Waals surface area (Å²) >= 11 is 5.12. The zero-order valence-corrected chi connectivity index (χ0v) is 17.4. The van der Waals surface area contributed by atoms with E-state index in [0.29, 0.717) is 5.69 Å². The molecule has 13 heteroatoms. The highest BCUT2D eigenvalue weighted by Gasteiger charge is 2.35. The molecule has 0 aromatic heterocycles. The van der Waals surface area contributed by atoms with Crippen LogP contribution in [0.4, 0.5) is 17.1 Å². The van der Waals surface area contributed by atoms with Crippen LogP contribution in [0, 0.1) is 10.1 Å². The Kier molecular flexibility index (Phi) is 6.10. The molecule has 1 aliphatic heterocycles. The number of sulfonamides is 1. The second-order valence-corrected chi connectivity index (χ2v) is 8.17. The van der Waals surface area contributed by atoms with E-state index in [-0.39, 0.29) is 39.2 Å². The number of anilines is 2. The van der Waals surface area contributed by atoms with E-state index in [9.17, 15) is 23.3 Å². The van der Waals surface area contributed by atoms with E-state index in [1.165, 1.54) is 47.4 Å². The molecule has 0 aliphatic carbocycles. The molecule has 2 aromatic carbocycles. The number of hydrogen-bond donors (Lipinski definition) is 3. The number of nitrogens with one attached hydrogen (secondary N) is 2. The van der Waals surface area contributed by atoms with E-state index >= 15 is 0 Å². The maximum Gasteiger partial charge on any atom is 0.279 e. The molecule has 1 amide bonds. The predicted octanol–water partition coefficient (Wildman–Crippen LogP) is 1.47. The van der Waals surface area contributed by atoms with Gasteiger partial charge in [0.25, 0.3) is 11.6 Å². The van der Waals surface area contributed by atoms with Crippen molar-refractivity contribution in [2.45, 2.75) is 4.90 Å². The number of nitrogens with two attached hydrogens (primary N) is 1. The van der Waals surface area contributed by atoms with Gasteiger partial charge in [0.2, 0.25) is 10.0 Å². The highest BCUT2D eigenvalue weighted by Crippen LogP contribution is 2.32. The number of carbonyl (C=O) groups is 1. The highest BCUT2D eigenvalue weighted by molar-refractivity contribution is 7.89. The largest absolute Gasteiger partial charge is 0.330 e. The smallest absolute Gasteiger partial charge is 0.279 e. The van der Waals surface area contributed by atoms with Crippen LogP contribution in [0.2, 0.25) is 0 Å².